The zero-order chi connectivity index (χ0) is 12.4. The predicted octanol–water partition coefficient (Wildman–Crippen LogP) is 1.68. The molecular formula is C13H15NO3. The third-order valence-corrected chi connectivity index (χ3v) is 3.17. The molecule has 0 bridgehead atoms. The van der Waals surface area contributed by atoms with Crippen LogP contribution in [0.4, 0.5) is 0 Å². The lowest BCUT2D eigenvalue weighted by Gasteiger charge is -2.22. The van der Waals surface area contributed by atoms with E-state index in [4.69, 9.17) is 5.11 Å². The smallest absolute Gasteiger partial charge is 0.326 e. The number of aryl methyl sites for hydroxylation is 1. The van der Waals surface area contributed by atoms with Gasteiger partial charge < -0.3 is 10.0 Å². The molecule has 1 aromatic carbocycles. The lowest BCUT2D eigenvalue weighted by atomic mass is 10.1. The van der Waals surface area contributed by atoms with E-state index in [-0.39, 0.29) is 5.91 Å². The molecule has 0 saturated carbocycles. The Labute approximate surface area is 99.9 Å². The van der Waals surface area contributed by atoms with E-state index >= 15 is 0 Å². The second-order valence-corrected chi connectivity index (χ2v) is 4.31. The van der Waals surface area contributed by atoms with Gasteiger partial charge in [0, 0.05) is 12.1 Å². The first kappa shape index (κ1) is 11.6. The van der Waals surface area contributed by atoms with Gasteiger partial charge in [0.05, 0.1) is 0 Å². The normalized spacial score (nSPS) is 19.4. The van der Waals surface area contributed by atoms with E-state index in [9.17, 15) is 9.59 Å². The molecule has 4 heteroatoms. The number of aliphatic carboxylic acids is 1. The van der Waals surface area contributed by atoms with Crippen molar-refractivity contribution < 1.29 is 14.7 Å². The van der Waals surface area contributed by atoms with Crippen LogP contribution in [0.15, 0.2) is 24.3 Å². The van der Waals surface area contributed by atoms with E-state index in [0.717, 1.165) is 12.0 Å². The largest absolute Gasteiger partial charge is 0.480 e. The third kappa shape index (κ3) is 2.16. The molecule has 1 aliphatic heterocycles. The van der Waals surface area contributed by atoms with Crippen LogP contribution in [-0.2, 0) is 4.79 Å². The van der Waals surface area contributed by atoms with Gasteiger partial charge in [-0.15, -0.1) is 0 Å². The number of carboxylic acid groups (broad SMARTS) is 1. The van der Waals surface area contributed by atoms with Gasteiger partial charge in [0.15, 0.2) is 0 Å². The van der Waals surface area contributed by atoms with Crippen LogP contribution >= 0.6 is 0 Å². The monoisotopic (exact) mass is 233 g/mol. The standard InChI is InChI=1S/C13H15NO3/c1-9-5-2-3-6-10(9)12(15)14-8-4-7-11(14)13(16)17/h2-3,5-6,11H,4,7-8H2,1H3,(H,16,17)/t11-/m0/s1. The SMILES string of the molecule is Cc1ccccc1C(=O)N1CCC[C@H]1C(=O)O. The molecule has 0 aromatic heterocycles. The van der Waals surface area contributed by atoms with Gasteiger partial charge in [0.2, 0.25) is 0 Å². The van der Waals surface area contributed by atoms with E-state index in [1.165, 1.54) is 4.90 Å². The van der Waals surface area contributed by atoms with Crippen LogP contribution in [0.5, 0.6) is 0 Å². The summed E-state index contributed by atoms with van der Waals surface area (Å²) >= 11 is 0. The fourth-order valence-electron chi connectivity index (χ4n) is 2.23. The van der Waals surface area contributed by atoms with Crippen LogP contribution in [0, 0.1) is 6.92 Å². The molecule has 2 rings (SSSR count). The van der Waals surface area contributed by atoms with Crippen molar-refractivity contribution in [3.05, 3.63) is 35.4 Å². The molecule has 1 fully saturated rings. The van der Waals surface area contributed by atoms with E-state index in [0.29, 0.717) is 18.5 Å². The zero-order valence-electron chi connectivity index (χ0n) is 9.72. The first-order valence-electron chi connectivity index (χ1n) is 5.70. The first-order valence-corrected chi connectivity index (χ1v) is 5.70. The number of carboxylic acids is 1. The summed E-state index contributed by atoms with van der Waals surface area (Å²) in [6.07, 6.45) is 1.31. The first-order chi connectivity index (χ1) is 8.11. The second kappa shape index (κ2) is 4.57. The number of carbonyl (C=O) groups is 2. The summed E-state index contributed by atoms with van der Waals surface area (Å²) < 4.78 is 0. The molecule has 17 heavy (non-hydrogen) atoms. The maximum absolute atomic E-state index is 12.2. The Balaban J connectivity index is 2.26. The molecule has 0 unspecified atom stereocenters. The molecule has 0 radical (unpaired) electrons. The molecule has 1 atom stereocenters. The second-order valence-electron chi connectivity index (χ2n) is 4.31. The number of nitrogens with zero attached hydrogens (tertiary/aromatic N) is 1. The van der Waals surface area contributed by atoms with Crippen LogP contribution in [-0.4, -0.2) is 34.5 Å². The summed E-state index contributed by atoms with van der Waals surface area (Å²) in [6.45, 7) is 2.39. The van der Waals surface area contributed by atoms with Crippen LogP contribution in [0.2, 0.25) is 0 Å². The lowest BCUT2D eigenvalue weighted by molar-refractivity contribution is -0.141. The number of hydrogen-bond acceptors (Lipinski definition) is 2. The lowest BCUT2D eigenvalue weighted by Crippen LogP contribution is -2.40. The Morgan fingerprint density at radius 1 is 1.35 bits per heavy atom. The average molecular weight is 233 g/mol. The summed E-state index contributed by atoms with van der Waals surface area (Å²) in [5, 5.41) is 9.05. The number of carbonyl (C=O) groups excluding carboxylic acids is 1. The summed E-state index contributed by atoms with van der Waals surface area (Å²) in [6, 6.07) is 6.60. The maximum atomic E-state index is 12.2. The van der Waals surface area contributed by atoms with Gasteiger partial charge in [-0.2, -0.15) is 0 Å². The average Bonchev–Trinajstić information content (AvgIpc) is 2.77. The molecular weight excluding hydrogens is 218 g/mol. The van der Waals surface area contributed by atoms with Gasteiger partial charge in [0.1, 0.15) is 6.04 Å². The van der Waals surface area contributed by atoms with Crippen molar-refractivity contribution in [2.45, 2.75) is 25.8 Å². The van der Waals surface area contributed by atoms with Crippen LogP contribution in [0.1, 0.15) is 28.8 Å². The maximum Gasteiger partial charge on any atom is 0.326 e. The molecule has 1 heterocycles. The van der Waals surface area contributed by atoms with Gasteiger partial charge >= 0.3 is 5.97 Å². The summed E-state index contributed by atoms with van der Waals surface area (Å²) in [5.74, 6) is -1.09. The van der Waals surface area contributed by atoms with E-state index < -0.39 is 12.0 Å². The van der Waals surface area contributed by atoms with Crippen LogP contribution in [0.3, 0.4) is 0 Å². The minimum atomic E-state index is -0.913. The Bertz CT molecular complexity index is 456. The molecule has 1 N–H and O–H groups in total. The van der Waals surface area contributed by atoms with E-state index in [1.807, 2.05) is 19.1 Å². The fraction of sp³-hybridized carbons (Fsp3) is 0.385. The molecule has 4 nitrogen and oxygen atoms in total. The topological polar surface area (TPSA) is 57.6 Å². The molecule has 1 amide bonds. The summed E-state index contributed by atoms with van der Waals surface area (Å²) in [5.41, 5.74) is 1.48. The van der Waals surface area contributed by atoms with Crippen molar-refractivity contribution in [2.75, 3.05) is 6.54 Å². The van der Waals surface area contributed by atoms with E-state index in [2.05, 4.69) is 0 Å². The molecule has 0 spiro atoms. The Morgan fingerprint density at radius 2 is 2.06 bits per heavy atom. The highest BCUT2D eigenvalue weighted by Crippen LogP contribution is 2.21. The summed E-state index contributed by atoms with van der Waals surface area (Å²) in [7, 11) is 0. The van der Waals surface area contributed by atoms with Crippen molar-refractivity contribution >= 4 is 11.9 Å². The number of rotatable bonds is 2. The number of hydrogen-bond donors (Lipinski definition) is 1. The highest BCUT2D eigenvalue weighted by Gasteiger charge is 2.34. The molecule has 1 saturated heterocycles. The van der Waals surface area contributed by atoms with E-state index in [1.54, 1.807) is 12.1 Å². The van der Waals surface area contributed by atoms with Gasteiger partial charge in [0.25, 0.3) is 5.91 Å². The van der Waals surface area contributed by atoms with Crippen molar-refractivity contribution in [2.24, 2.45) is 0 Å². The number of likely N-dealkylation sites (tertiary alicyclic amines) is 1. The van der Waals surface area contributed by atoms with Gasteiger partial charge in [-0.1, -0.05) is 18.2 Å². The van der Waals surface area contributed by atoms with Crippen molar-refractivity contribution in [3.8, 4) is 0 Å². The third-order valence-electron chi connectivity index (χ3n) is 3.17. The molecule has 90 valence electrons. The minimum Gasteiger partial charge on any atom is -0.480 e. The van der Waals surface area contributed by atoms with Crippen molar-refractivity contribution in [1.82, 2.24) is 4.90 Å². The molecule has 1 aliphatic rings. The Kier molecular flexibility index (Phi) is 3.13. The summed E-state index contributed by atoms with van der Waals surface area (Å²) in [4.78, 5) is 24.7. The Morgan fingerprint density at radius 3 is 2.71 bits per heavy atom. The zero-order valence-corrected chi connectivity index (χ0v) is 9.72. The Hall–Kier alpha value is -1.84. The van der Waals surface area contributed by atoms with Crippen molar-refractivity contribution in [3.63, 3.8) is 0 Å². The molecule has 0 aliphatic carbocycles. The van der Waals surface area contributed by atoms with Crippen LogP contribution < -0.4 is 0 Å². The highest BCUT2D eigenvalue weighted by atomic mass is 16.4. The van der Waals surface area contributed by atoms with Crippen molar-refractivity contribution in [1.29, 1.82) is 0 Å². The van der Waals surface area contributed by atoms with Gasteiger partial charge in [-0.3, -0.25) is 4.79 Å². The number of amides is 1. The molecule has 1 aromatic rings. The minimum absolute atomic E-state index is 0.173. The predicted molar refractivity (Wildman–Crippen MR) is 62.9 cm³/mol. The van der Waals surface area contributed by atoms with Gasteiger partial charge in [-0.05, 0) is 31.4 Å². The number of benzene rings is 1. The van der Waals surface area contributed by atoms with Crippen LogP contribution in [0.25, 0.3) is 0 Å². The highest BCUT2D eigenvalue weighted by molar-refractivity contribution is 5.98. The fourth-order valence-corrected chi connectivity index (χ4v) is 2.23. The quantitative estimate of drug-likeness (QED) is 0.845. The van der Waals surface area contributed by atoms with Gasteiger partial charge in [-0.25, -0.2) is 4.79 Å².